The van der Waals surface area contributed by atoms with Gasteiger partial charge in [-0.05, 0) is 27.1 Å². The fraction of sp³-hybridized carbons (Fsp3) is 0.0667. The van der Waals surface area contributed by atoms with Gasteiger partial charge in [0, 0.05) is 4.43 Å². The first-order valence-corrected chi connectivity index (χ1v) is 6.87. The molecule has 16 heavy (non-hydrogen) atoms. The van der Waals surface area contributed by atoms with E-state index in [1.54, 1.807) is 0 Å². The van der Waals surface area contributed by atoms with Crippen molar-refractivity contribution in [3.63, 3.8) is 0 Å². The Kier molecular flexibility index (Phi) is 2.56. The maximum absolute atomic E-state index is 2.40. The molecule has 0 aromatic heterocycles. The van der Waals surface area contributed by atoms with E-state index >= 15 is 0 Å². The summed E-state index contributed by atoms with van der Waals surface area (Å²) in [5.74, 6) is 0. The van der Waals surface area contributed by atoms with Crippen LogP contribution in [0.2, 0.25) is 0 Å². The lowest BCUT2D eigenvalue weighted by molar-refractivity contribution is 1.49. The van der Waals surface area contributed by atoms with Gasteiger partial charge in [0.15, 0.2) is 0 Å². The van der Waals surface area contributed by atoms with Gasteiger partial charge >= 0.3 is 0 Å². The molecule has 0 bridgehead atoms. The Balaban J connectivity index is 2.43. The van der Waals surface area contributed by atoms with E-state index in [0.29, 0.717) is 0 Å². The van der Waals surface area contributed by atoms with Crippen molar-refractivity contribution < 1.29 is 0 Å². The van der Waals surface area contributed by atoms with Crippen molar-refractivity contribution in [1.82, 2.24) is 0 Å². The summed E-state index contributed by atoms with van der Waals surface area (Å²) in [7, 11) is 0. The Morgan fingerprint density at radius 3 is 2.38 bits per heavy atom. The molecule has 0 nitrogen and oxygen atoms in total. The first kappa shape index (κ1) is 10.1. The first-order chi connectivity index (χ1) is 7.88. The van der Waals surface area contributed by atoms with Crippen molar-refractivity contribution in [1.29, 1.82) is 0 Å². The molecule has 78 valence electrons. The van der Waals surface area contributed by atoms with Crippen molar-refractivity contribution in [2.75, 3.05) is 0 Å². The van der Waals surface area contributed by atoms with Crippen LogP contribution in [-0.2, 0) is 4.43 Å². The van der Waals surface area contributed by atoms with Crippen LogP contribution in [0.3, 0.4) is 0 Å². The second-order valence-corrected chi connectivity index (χ2v) is 4.74. The minimum atomic E-state index is 1.07. The van der Waals surface area contributed by atoms with Gasteiger partial charge in [0.25, 0.3) is 0 Å². The highest BCUT2D eigenvalue weighted by molar-refractivity contribution is 14.1. The summed E-state index contributed by atoms with van der Waals surface area (Å²) in [5, 5.41) is 5.36. The molecule has 0 unspecified atom stereocenters. The largest absolute Gasteiger partial charge is 0.0812 e. The van der Waals surface area contributed by atoms with Crippen molar-refractivity contribution >= 4 is 44.1 Å². The molecule has 0 fully saturated rings. The first-order valence-electron chi connectivity index (χ1n) is 5.35. The average Bonchev–Trinajstić information content (AvgIpc) is 2.38. The van der Waals surface area contributed by atoms with Gasteiger partial charge in [-0.2, -0.15) is 0 Å². The molecular weight excluding hydrogens is 307 g/mol. The van der Waals surface area contributed by atoms with E-state index in [-0.39, 0.29) is 0 Å². The van der Waals surface area contributed by atoms with Crippen LogP contribution in [0.25, 0.3) is 21.5 Å². The lowest BCUT2D eigenvalue weighted by Crippen LogP contribution is -1.80. The van der Waals surface area contributed by atoms with Crippen LogP contribution < -0.4 is 0 Å². The Morgan fingerprint density at radius 2 is 1.50 bits per heavy atom. The van der Waals surface area contributed by atoms with Crippen LogP contribution in [0.15, 0.2) is 54.6 Å². The normalized spacial score (nSPS) is 11.1. The van der Waals surface area contributed by atoms with E-state index in [1.807, 2.05) is 0 Å². The van der Waals surface area contributed by atoms with Gasteiger partial charge in [-0.15, -0.1) is 0 Å². The number of alkyl halides is 1. The van der Waals surface area contributed by atoms with E-state index < -0.39 is 0 Å². The van der Waals surface area contributed by atoms with Crippen LogP contribution in [0, 0.1) is 0 Å². The van der Waals surface area contributed by atoms with Gasteiger partial charge in [-0.25, -0.2) is 0 Å². The average molecular weight is 318 g/mol. The minimum absolute atomic E-state index is 1.07. The maximum atomic E-state index is 2.40. The Hall–Kier alpha value is -1.09. The molecule has 0 aliphatic carbocycles. The standard InChI is InChI=1S/C15H11I/c16-10-11-5-8-15-13(9-11)7-6-12-3-1-2-4-14(12)15/h1-9H,10H2. The van der Waals surface area contributed by atoms with Gasteiger partial charge in [0.05, 0.1) is 0 Å². The summed E-state index contributed by atoms with van der Waals surface area (Å²) in [5.41, 5.74) is 1.39. The van der Waals surface area contributed by atoms with E-state index in [9.17, 15) is 0 Å². The summed E-state index contributed by atoms with van der Waals surface area (Å²) in [6.45, 7) is 0. The van der Waals surface area contributed by atoms with Crippen LogP contribution in [0.4, 0.5) is 0 Å². The zero-order valence-electron chi connectivity index (χ0n) is 8.78. The third kappa shape index (κ3) is 1.59. The van der Waals surface area contributed by atoms with E-state index in [1.165, 1.54) is 27.1 Å². The van der Waals surface area contributed by atoms with Crippen LogP contribution in [-0.4, -0.2) is 0 Å². The molecule has 3 rings (SSSR count). The second kappa shape index (κ2) is 4.06. The highest BCUT2D eigenvalue weighted by atomic mass is 127. The number of hydrogen-bond acceptors (Lipinski definition) is 0. The summed E-state index contributed by atoms with van der Waals surface area (Å²) < 4.78 is 1.07. The molecule has 0 saturated carbocycles. The molecule has 0 heterocycles. The molecule has 0 saturated heterocycles. The van der Waals surface area contributed by atoms with E-state index in [0.717, 1.165) is 4.43 Å². The van der Waals surface area contributed by atoms with Gasteiger partial charge in [-0.3, -0.25) is 0 Å². The zero-order chi connectivity index (χ0) is 11.0. The number of hydrogen-bond donors (Lipinski definition) is 0. The monoisotopic (exact) mass is 318 g/mol. The Morgan fingerprint density at radius 1 is 0.750 bits per heavy atom. The molecule has 0 N–H and O–H groups in total. The molecule has 0 spiro atoms. The van der Waals surface area contributed by atoms with Gasteiger partial charge in [0.1, 0.15) is 0 Å². The minimum Gasteiger partial charge on any atom is -0.0812 e. The fourth-order valence-corrected chi connectivity index (χ4v) is 2.62. The molecule has 3 aromatic carbocycles. The maximum Gasteiger partial charge on any atom is 0.0247 e. The number of benzene rings is 3. The Labute approximate surface area is 108 Å². The van der Waals surface area contributed by atoms with Gasteiger partial charge in [-0.1, -0.05) is 77.2 Å². The van der Waals surface area contributed by atoms with Crippen LogP contribution >= 0.6 is 22.6 Å². The highest BCUT2D eigenvalue weighted by Crippen LogP contribution is 2.26. The highest BCUT2D eigenvalue weighted by Gasteiger charge is 2.00. The third-order valence-electron chi connectivity index (χ3n) is 2.96. The molecule has 0 radical (unpaired) electrons. The van der Waals surface area contributed by atoms with Crippen LogP contribution in [0.1, 0.15) is 5.56 Å². The molecule has 0 aliphatic rings. The quantitative estimate of drug-likeness (QED) is 0.339. The van der Waals surface area contributed by atoms with Gasteiger partial charge < -0.3 is 0 Å². The van der Waals surface area contributed by atoms with Crippen LogP contribution in [0.5, 0.6) is 0 Å². The smallest absolute Gasteiger partial charge is 0.0247 e. The zero-order valence-corrected chi connectivity index (χ0v) is 10.9. The third-order valence-corrected chi connectivity index (χ3v) is 3.84. The predicted molar refractivity (Wildman–Crippen MR) is 79.2 cm³/mol. The van der Waals surface area contributed by atoms with Crippen molar-refractivity contribution in [2.45, 2.75) is 4.43 Å². The topological polar surface area (TPSA) is 0 Å². The van der Waals surface area contributed by atoms with Crippen molar-refractivity contribution in [3.8, 4) is 0 Å². The van der Waals surface area contributed by atoms with Crippen molar-refractivity contribution in [2.24, 2.45) is 0 Å². The van der Waals surface area contributed by atoms with E-state index in [2.05, 4.69) is 77.2 Å². The summed E-state index contributed by atoms with van der Waals surface area (Å²) >= 11 is 2.40. The van der Waals surface area contributed by atoms with Crippen molar-refractivity contribution in [3.05, 3.63) is 60.2 Å². The SMILES string of the molecule is ICc1ccc2c(ccc3ccccc32)c1. The summed E-state index contributed by atoms with van der Waals surface area (Å²) in [6.07, 6.45) is 0. The number of fused-ring (bicyclic) bond motifs is 3. The molecule has 0 aliphatic heterocycles. The summed E-state index contributed by atoms with van der Waals surface area (Å²) in [6, 6.07) is 19.7. The molecule has 3 aromatic rings. The lowest BCUT2D eigenvalue weighted by atomic mass is 10.0. The predicted octanol–water partition coefficient (Wildman–Crippen LogP) is 4.93. The number of rotatable bonds is 1. The van der Waals surface area contributed by atoms with Gasteiger partial charge in [0.2, 0.25) is 0 Å². The lowest BCUT2D eigenvalue weighted by Gasteiger charge is -2.05. The number of halogens is 1. The molecule has 0 amide bonds. The fourth-order valence-electron chi connectivity index (χ4n) is 2.15. The van der Waals surface area contributed by atoms with E-state index in [4.69, 9.17) is 0 Å². The molecular formula is C15H11I. The Bertz CT molecular complexity index is 656. The molecule has 1 heteroatoms. The summed E-state index contributed by atoms with van der Waals surface area (Å²) in [4.78, 5) is 0. The molecule has 0 atom stereocenters. The second-order valence-electron chi connectivity index (χ2n) is 3.98.